The molecule has 0 fully saturated rings. The van der Waals surface area contributed by atoms with Crippen molar-refractivity contribution in [3.63, 3.8) is 0 Å². The van der Waals surface area contributed by atoms with E-state index < -0.39 is 6.04 Å². The minimum atomic E-state index is -0.396. The quantitative estimate of drug-likeness (QED) is 0.213. The molecular formula is C31H25BrN4O3. The van der Waals surface area contributed by atoms with E-state index in [9.17, 15) is 4.79 Å². The molecule has 1 aliphatic heterocycles. The first-order valence-corrected chi connectivity index (χ1v) is 13.3. The predicted molar refractivity (Wildman–Crippen MR) is 153 cm³/mol. The molecular weight excluding hydrogens is 556 g/mol. The van der Waals surface area contributed by atoms with Crippen LogP contribution in [0, 0.1) is 6.92 Å². The molecule has 3 heterocycles. The van der Waals surface area contributed by atoms with Crippen molar-refractivity contribution in [2.45, 2.75) is 19.4 Å². The maximum atomic E-state index is 13.7. The van der Waals surface area contributed by atoms with Gasteiger partial charge in [0.25, 0.3) is 0 Å². The highest BCUT2D eigenvalue weighted by atomic mass is 79.9. The van der Waals surface area contributed by atoms with Gasteiger partial charge >= 0.3 is 5.91 Å². The molecule has 0 spiro atoms. The molecule has 1 aliphatic rings. The van der Waals surface area contributed by atoms with Crippen molar-refractivity contribution >= 4 is 27.5 Å². The first-order valence-electron chi connectivity index (χ1n) is 12.5. The van der Waals surface area contributed by atoms with Crippen LogP contribution >= 0.6 is 15.9 Å². The molecule has 0 bridgehead atoms. The van der Waals surface area contributed by atoms with Gasteiger partial charge in [0, 0.05) is 23.7 Å². The Kier molecular flexibility index (Phi) is 6.62. The minimum absolute atomic E-state index is 0.210. The molecule has 6 rings (SSSR count). The molecule has 0 saturated heterocycles. The van der Waals surface area contributed by atoms with E-state index in [4.69, 9.17) is 19.4 Å². The Hall–Kier alpha value is -4.43. The Morgan fingerprint density at radius 3 is 2.33 bits per heavy atom. The first kappa shape index (κ1) is 24.9. The molecule has 0 unspecified atom stereocenters. The van der Waals surface area contributed by atoms with Crippen molar-refractivity contribution in [1.82, 2.24) is 14.8 Å². The number of hydrogen-bond donors (Lipinski definition) is 0. The Labute approximate surface area is 234 Å². The van der Waals surface area contributed by atoms with E-state index in [0.717, 1.165) is 45.1 Å². The lowest BCUT2D eigenvalue weighted by Crippen LogP contribution is -2.27. The maximum Gasteiger partial charge on any atom is 0.310 e. The summed E-state index contributed by atoms with van der Waals surface area (Å²) in [6, 6.07) is 28.9. The van der Waals surface area contributed by atoms with Crippen molar-refractivity contribution in [1.29, 1.82) is 0 Å². The van der Waals surface area contributed by atoms with Gasteiger partial charge in [0.1, 0.15) is 5.75 Å². The molecule has 0 saturated carbocycles. The number of carbonyl (C=O) groups is 1. The second kappa shape index (κ2) is 10.4. The molecule has 8 heteroatoms. The fourth-order valence-electron chi connectivity index (χ4n) is 4.72. The number of rotatable bonds is 6. The number of hydrogen-bond acceptors (Lipinski definition) is 5. The van der Waals surface area contributed by atoms with Gasteiger partial charge in [0.15, 0.2) is 10.4 Å². The van der Waals surface area contributed by atoms with Crippen molar-refractivity contribution < 1.29 is 13.9 Å². The van der Waals surface area contributed by atoms with E-state index in [0.29, 0.717) is 11.1 Å². The highest BCUT2D eigenvalue weighted by Crippen LogP contribution is 2.39. The SMILES string of the molecule is COc1ccc(-c2nn(-c3ccccc3)cc2[C@@H]2CC(c3ccc(C)cc3)=NN2C(=O)c2ccc(Br)o2)cc1. The number of furan rings is 1. The van der Waals surface area contributed by atoms with Gasteiger partial charge < -0.3 is 9.15 Å². The largest absolute Gasteiger partial charge is 0.497 e. The number of nitrogens with zero attached hydrogens (tertiary/aromatic N) is 4. The number of amides is 1. The molecule has 0 aliphatic carbocycles. The highest BCUT2D eigenvalue weighted by molar-refractivity contribution is 9.10. The first-order chi connectivity index (χ1) is 19.0. The predicted octanol–water partition coefficient (Wildman–Crippen LogP) is 7.20. The molecule has 2 aromatic heterocycles. The van der Waals surface area contributed by atoms with Crippen LogP contribution in [0.15, 0.2) is 111 Å². The lowest BCUT2D eigenvalue weighted by Gasteiger charge is -2.21. The molecule has 39 heavy (non-hydrogen) atoms. The summed E-state index contributed by atoms with van der Waals surface area (Å²) in [6.45, 7) is 2.05. The van der Waals surface area contributed by atoms with Crippen LogP contribution in [0.3, 0.4) is 0 Å². The van der Waals surface area contributed by atoms with Gasteiger partial charge in [-0.2, -0.15) is 10.2 Å². The number of aryl methyl sites for hydroxylation is 1. The number of carbonyl (C=O) groups excluding carboxylic acids is 1. The number of methoxy groups -OCH3 is 1. The Bertz CT molecular complexity index is 1650. The fraction of sp³-hybridized carbons (Fsp3) is 0.129. The molecule has 1 atom stereocenters. The number of para-hydroxylation sites is 1. The van der Waals surface area contributed by atoms with Crippen LogP contribution in [-0.2, 0) is 0 Å². The van der Waals surface area contributed by atoms with E-state index in [1.54, 1.807) is 19.2 Å². The zero-order valence-electron chi connectivity index (χ0n) is 21.4. The summed E-state index contributed by atoms with van der Waals surface area (Å²) in [7, 11) is 1.64. The van der Waals surface area contributed by atoms with Gasteiger partial charge in [-0.1, -0.05) is 48.0 Å². The number of ether oxygens (including phenoxy) is 1. The van der Waals surface area contributed by atoms with Gasteiger partial charge in [0.2, 0.25) is 0 Å². The topological polar surface area (TPSA) is 72.9 Å². The Morgan fingerprint density at radius 1 is 0.949 bits per heavy atom. The van der Waals surface area contributed by atoms with Crippen LogP contribution < -0.4 is 4.74 Å². The highest BCUT2D eigenvalue weighted by Gasteiger charge is 2.37. The van der Waals surface area contributed by atoms with Crippen LogP contribution in [0.2, 0.25) is 0 Å². The third-order valence-corrected chi connectivity index (χ3v) is 7.20. The summed E-state index contributed by atoms with van der Waals surface area (Å²) in [5, 5.41) is 11.4. The van der Waals surface area contributed by atoms with E-state index in [1.165, 1.54) is 5.01 Å². The van der Waals surface area contributed by atoms with Crippen molar-refractivity contribution in [2.24, 2.45) is 5.10 Å². The third kappa shape index (κ3) is 4.91. The molecule has 5 aromatic rings. The summed E-state index contributed by atoms with van der Waals surface area (Å²) >= 11 is 3.31. The molecule has 0 N–H and O–H groups in total. The molecule has 7 nitrogen and oxygen atoms in total. The Morgan fingerprint density at radius 2 is 1.67 bits per heavy atom. The average molecular weight is 581 g/mol. The third-order valence-electron chi connectivity index (χ3n) is 6.77. The molecule has 0 radical (unpaired) electrons. The summed E-state index contributed by atoms with van der Waals surface area (Å²) in [5.41, 5.74) is 6.45. The number of aromatic nitrogens is 2. The summed E-state index contributed by atoms with van der Waals surface area (Å²) < 4.78 is 13.3. The molecule has 194 valence electrons. The van der Waals surface area contributed by atoms with E-state index in [2.05, 4.69) is 28.1 Å². The normalized spacial score (nSPS) is 14.9. The lowest BCUT2D eigenvalue weighted by molar-refractivity contribution is 0.0677. The van der Waals surface area contributed by atoms with Crippen molar-refractivity contribution in [3.05, 3.63) is 124 Å². The number of benzene rings is 3. The molecule has 1 amide bonds. The summed E-state index contributed by atoms with van der Waals surface area (Å²) in [6.07, 6.45) is 2.52. The minimum Gasteiger partial charge on any atom is -0.497 e. The Balaban J connectivity index is 1.48. The lowest BCUT2D eigenvalue weighted by atomic mass is 9.96. The fourth-order valence-corrected chi connectivity index (χ4v) is 5.03. The van der Waals surface area contributed by atoms with E-state index in [1.807, 2.05) is 84.5 Å². The zero-order chi connectivity index (χ0) is 26.9. The smallest absolute Gasteiger partial charge is 0.310 e. The number of halogens is 1. The van der Waals surface area contributed by atoms with E-state index in [-0.39, 0.29) is 11.7 Å². The standard InChI is InChI=1S/C31H25BrN4O3/c1-20-8-10-21(11-9-20)26-18-27(36(33-26)31(37)28-16-17-29(32)39-28)25-19-35(23-6-4-3-5-7-23)34-30(25)22-12-14-24(38-2)15-13-22/h3-17,19,27H,18H2,1-2H3/t27-/m0/s1. The zero-order valence-corrected chi connectivity index (χ0v) is 23.0. The van der Waals surface area contributed by atoms with Gasteiger partial charge in [-0.05, 0) is 76.9 Å². The van der Waals surface area contributed by atoms with Crippen molar-refractivity contribution in [2.75, 3.05) is 7.11 Å². The van der Waals surface area contributed by atoms with Crippen LogP contribution in [0.1, 0.15) is 39.7 Å². The molecule has 3 aromatic carbocycles. The van der Waals surface area contributed by atoms with E-state index >= 15 is 0 Å². The summed E-state index contributed by atoms with van der Waals surface area (Å²) in [5.74, 6) is 0.650. The van der Waals surface area contributed by atoms with Crippen LogP contribution in [0.5, 0.6) is 5.75 Å². The van der Waals surface area contributed by atoms with Gasteiger partial charge in [-0.25, -0.2) is 9.69 Å². The monoisotopic (exact) mass is 580 g/mol. The number of hydrazone groups is 1. The summed E-state index contributed by atoms with van der Waals surface area (Å²) in [4.78, 5) is 13.7. The van der Waals surface area contributed by atoms with Crippen LogP contribution in [0.4, 0.5) is 0 Å². The van der Waals surface area contributed by atoms with Crippen molar-refractivity contribution in [3.8, 4) is 22.7 Å². The van der Waals surface area contributed by atoms with Crippen LogP contribution in [-0.4, -0.2) is 33.5 Å². The van der Waals surface area contributed by atoms with Gasteiger partial charge in [0.05, 0.1) is 30.2 Å². The average Bonchev–Trinajstić information content (AvgIpc) is 3.72. The van der Waals surface area contributed by atoms with Gasteiger partial charge in [-0.15, -0.1) is 0 Å². The maximum absolute atomic E-state index is 13.7. The van der Waals surface area contributed by atoms with Gasteiger partial charge in [-0.3, -0.25) is 4.79 Å². The second-order valence-corrected chi connectivity index (χ2v) is 10.1. The second-order valence-electron chi connectivity index (χ2n) is 9.33. The van der Waals surface area contributed by atoms with Crippen LogP contribution in [0.25, 0.3) is 16.9 Å².